The lowest BCUT2D eigenvalue weighted by Crippen LogP contribution is -2.07. The van der Waals surface area contributed by atoms with E-state index in [1.54, 1.807) is 18.3 Å². The molecule has 2 nitrogen and oxygen atoms in total. The van der Waals surface area contributed by atoms with E-state index < -0.39 is 13.0 Å². The highest BCUT2D eigenvalue weighted by atomic mass is 79.9. The van der Waals surface area contributed by atoms with Crippen LogP contribution < -0.4 is 4.74 Å². The van der Waals surface area contributed by atoms with Crippen LogP contribution in [-0.2, 0) is 0 Å². The fourth-order valence-corrected chi connectivity index (χ4v) is 1.13. The number of pyridine rings is 1. The van der Waals surface area contributed by atoms with Gasteiger partial charge in [-0.1, -0.05) is 22.0 Å². The normalized spacial score (nSPS) is 12.9. The van der Waals surface area contributed by atoms with Gasteiger partial charge in [-0.25, -0.2) is 13.8 Å². The molecule has 0 radical (unpaired) electrons. The fourth-order valence-electron chi connectivity index (χ4n) is 0.861. The molecule has 0 aromatic carbocycles. The molecule has 0 saturated carbocycles. The van der Waals surface area contributed by atoms with Gasteiger partial charge in [-0.15, -0.1) is 0 Å². The number of ether oxygens (including phenoxy) is 1. The van der Waals surface area contributed by atoms with Crippen molar-refractivity contribution in [2.75, 3.05) is 6.61 Å². The summed E-state index contributed by atoms with van der Waals surface area (Å²) in [7, 11) is 0. The number of halogens is 3. The second kappa shape index (κ2) is 5.24. The average molecular weight is 266 g/mol. The maximum atomic E-state index is 11.8. The quantitative estimate of drug-likeness (QED) is 0.781. The second-order valence-electron chi connectivity index (χ2n) is 2.75. The molecular weight excluding hydrogens is 256 g/mol. The Kier molecular flexibility index (Phi) is 4.25. The Morgan fingerprint density at radius 3 is 2.64 bits per heavy atom. The van der Waals surface area contributed by atoms with E-state index in [1.807, 2.05) is 6.92 Å². The molecule has 14 heavy (non-hydrogen) atoms. The Morgan fingerprint density at radius 1 is 1.50 bits per heavy atom. The van der Waals surface area contributed by atoms with E-state index in [0.717, 1.165) is 5.56 Å². The first-order valence-electron chi connectivity index (χ1n) is 4.10. The van der Waals surface area contributed by atoms with Gasteiger partial charge in [0.2, 0.25) is 5.88 Å². The lowest BCUT2D eigenvalue weighted by molar-refractivity contribution is 0.0796. The van der Waals surface area contributed by atoms with Crippen LogP contribution in [0.1, 0.15) is 17.3 Å². The van der Waals surface area contributed by atoms with Crippen molar-refractivity contribution in [1.82, 2.24) is 4.98 Å². The number of aromatic nitrogens is 1. The van der Waals surface area contributed by atoms with E-state index in [1.165, 1.54) is 0 Å². The lowest BCUT2D eigenvalue weighted by Gasteiger charge is -2.06. The third-order valence-corrected chi connectivity index (χ3v) is 2.10. The summed E-state index contributed by atoms with van der Waals surface area (Å²) >= 11 is 3.37. The first-order valence-corrected chi connectivity index (χ1v) is 5.02. The summed E-state index contributed by atoms with van der Waals surface area (Å²) in [6, 6.07) is 3.36. The van der Waals surface area contributed by atoms with Crippen LogP contribution >= 0.6 is 15.9 Å². The Labute approximate surface area is 89.4 Å². The zero-order valence-electron chi connectivity index (χ0n) is 7.58. The third kappa shape index (κ3) is 3.57. The second-order valence-corrected chi connectivity index (χ2v) is 4.12. The number of hydrogen-bond acceptors (Lipinski definition) is 2. The first kappa shape index (κ1) is 11.4. The van der Waals surface area contributed by atoms with Crippen LogP contribution in [0.4, 0.5) is 8.78 Å². The third-order valence-electron chi connectivity index (χ3n) is 1.58. The molecular formula is C9H10BrF2NO. The SMILES string of the molecule is CC(Br)c1ccc(OCC(F)F)nc1. The number of alkyl halides is 3. The van der Waals surface area contributed by atoms with Crippen LogP contribution in [0.25, 0.3) is 0 Å². The molecule has 0 aliphatic heterocycles. The zero-order chi connectivity index (χ0) is 10.6. The average Bonchev–Trinajstić information content (AvgIpc) is 2.15. The van der Waals surface area contributed by atoms with E-state index in [9.17, 15) is 8.78 Å². The van der Waals surface area contributed by atoms with Crippen molar-refractivity contribution in [1.29, 1.82) is 0 Å². The Bertz CT molecular complexity index is 277. The fraction of sp³-hybridized carbons (Fsp3) is 0.444. The smallest absolute Gasteiger partial charge is 0.272 e. The van der Waals surface area contributed by atoms with E-state index in [4.69, 9.17) is 4.74 Å². The molecule has 1 rings (SSSR count). The molecule has 1 unspecified atom stereocenters. The van der Waals surface area contributed by atoms with Gasteiger partial charge in [0.15, 0.2) is 6.61 Å². The zero-order valence-corrected chi connectivity index (χ0v) is 9.17. The Balaban J connectivity index is 2.55. The van der Waals surface area contributed by atoms with Crippen LogP contribution in [0.3, 0.4) is 0 Å². The number of hydrogen-bond donors (Lipinski definition) is 0. The minimum atomic E-state index is -2.47. The molecule has 78 valence electrons. The molecule has 0 aliphatic carbocycles. The topological polar surface area (TPSA) is 22.1 Å². The van der Waals surface area contributed by atoms with Gasteiger partial charge in [-0.05, 0) is 12.5 Å². The maximum absolute atomic E-state index is 11.8. The van der Waals surface area contributed by atoms with Crippen LogP contribution in [-0.4, -0.2) is 18.0 Å². The number of nitrogens with zero attached hydrogens (tertiary/aromatic N) is 1. The van der Waals surface area contributed by atoms with Crippen molar-refractivity contribution in [3.05, 3.63) is 23.9 Å². The highest BCUT2D eigenvalue weighted by Gasteiger charge is 2.05. The van der Waals surface area contributed by atoms with Gasteiger partial charge in [-0.2, -0.15) is 0 Å². The van der Waals surface area contributed by atoms with Crippen molar-refractivity contribution >= 4 is 15.9 Å². The highest BCUT2D eigenvalue weighted by Crippen LogP contribution is 2.21. The van der Waals surface area contributed by atoms with Crippen molar-refractivity contribution in [2.45, 2.75) is 18.2 Å². The molecule has 0 amide bonds. The summed E-state index contributed by atoms with van der Waals surface area (Å²) in [5.74, 6) is 0.224. The summed E-state index contributed by atoms with van der Waals surface area (Å²) in [4.78, 5) is 4.08. The molecule has 0 bridgehead atoms. The summed E-state index contributed by atoms with van der Waals surface area (Å²) in [6.45, 7) is 1.34. The molecule has 0 N–H and O–H groups in total. The van der Waals surface area contributed by atoms with Gasteiger partial charge in [0.25, 0.3) is 6.43 Å². The molecule has 0 fully saturated rings. The lowest BCUT2D eigenvalue weighted by atomic mass is 10.2. The van der Waals surface area contributed by atoms with Crippen LogP contribution in [0.2, 0.25) is 0 Å². The van der Waals surface area contributed by atoms with Gasteiger partial charge in [0.05, 0.1) is 0 Å². The van der Waals surface area contributed by atoms with Gasteiger partial charge in [0.1, 0.15) is 0 Å². The van der Waals surface area contributed by atoms with Gasteiger partial charge < -0.3 is 4.74 Å². The van der Waals surface area contributed by atoms with Crippen molar-refractivity contribution in [2.24, 2.45) is 0 Å². The highest BCUT2D eigenvalue weighted by molar-refractivity contribution is 9.09. The molecule has 0 saturated heterocycles. The molecule has 0 aliphatic rings. The van der Waals surface area contributed by atoms with E-state index in [2.05, 4.69) is 20.9 Å². The van der Waals surface area contributed by atoms with Crippen LogP contribution in [0.5, 0.6) is 5.88 Å². The molecule has 0 spiro atoms. The maximum Gasteiger partial charge on any atom is 0.272 e. The van der Waals surface area contributed by atoms with Gasteiger partial charge in [0, 0.05) is 17.1 Å². The standard InChI is InChI=1S/C9H10BrF2NO/c1-6(10)7-2-3-9(13-4-7)14-5-8(11)12/h2-4,6,8H,5H2,1H3. The van der Waals surface area contributed by atoms with Gasteiger partial charge in [-0.3, -0.25) is 0 Å². The predicted molar refractivity (Wildman–Crippen MR) is 53.1 cm³/mol. The molecule has 1 atom stereocenters. The van der Waals surface area contributed by atoms with Gasteiger partial charge >= 0.3 is 0 Å². The molecule has 1 aromatic heterocycles. The van der Waals surface area contributed by atoms with Crippen molar-refractivity contribution in [3.63, 3.8) is 0 Å². The van der Waals surface area contributed by atoms with Crippen LogP contribution in [0.15, 0.2) is 18.3 Å². The predicted octanol–water partition coefficient (Wildman–Crippen LogP) is 3.18. The largest absolute Gasteiger partial charge is 0.472 e. The summed E-state index contributed by atoms with van der Waals surface area (Å²) in [5, 5.41) is 0. The van der Waals surface area contributed by atoms with Crippen molar-refractivity contribution < 1.29 is 13.5 Å². The van der Waals surface area contributed by atoms with Crippen molar-refractivity contribution in [3.8, 4) is 5.88 Å². The van der Waals surface area contributed by atoms with Crippen LogP contribution in [0, 0.1) is 0 Å². The molecule has 5 heteroatoms. The van der Waals surface area contributed by atoms with E-state index in [0.29, 0.717) is 0 Å². The number of rotatable bonds is 4. The minimum absolute atomic E-state index is 0.194. The summed E-state index contributed by atoms with van der Waals surface area (Å²) in [6.07, 6.45) is -0.869. The Hall–Kier alpha value is -0.710. The van der Waals surface area contributed by atoms with E-state index in [-0.39, 0.29) is 10.7 Å². The first-order chi connectivity index (χ1) is 6.59. The minimum Gasteiger partial charge on any atom is -0.472 e. The summed E-state index contributed by atoms with van der Waals surface area (Å²) < 4.78 is 28.3. The molecule has 1 aromatic rings. The monoisotopic (exact) mass is 265 g/mol. The molecule has 1 heterocycles. The van der Waals surface area contributed by atoms with E-state index >= 15 is 0 Å². The Morgan fingerprint density at radius 2 is 2.21 bits per heavy atom. The summed E-state index contributed by atoms with van der Waals surface area (Å²) in [5.41, 5.74) is 0.981.